The van der Waals surface area contributed by atoms with Crippen molar-refractivity contribution in [2.24, 2.45) is 0 Å². The Hall–Kier alpha value is -2.94. The third kappa shape index (κ3) is 4.07. The summed E-state index contributed by atoms with van der Waals surface area (Å²) in [5, 5.41) is 16.3. The second-order valence-electron chi connectivity index (χ2n) is 4.57. The van der Waals surface area contributed by atoms with Crippen molar-refractivity contribution in [3.05, 3.63) is 52.3 Å². The molecule has 0 bridgehead atoms. The minimum Gasteiger partial charge on any atom is -0.493 e. The van der Waals surface area contributed by atoms with E-state index < -0.39 is 10.7 Å². The maximum atomic E-state index is 13.7. The first-order valence-electron chi connectivity index (χ1n) is 6.68. The van der Waals surface area contributed by atoms with Gasteiger partial charge in [-0.15, -0.1) is 0 Å². The SMILES string of the molecule is COc1ccc(NC(=S)Nc2cc([N+](=O)[O-])ccc2F)cc1OC. The fourth-order valence-electron chi connectivity index (χ4n) is 1.92. The van der Waals surface area contributed by atoms with Crippen LogP contribution in [0.1, 0.15) is 0 Å². The Morgan fingerprint density at radius 2 is 1.83 bits per heavy atom. The number of benzene rings is 2. The summed E-state index contributed by atoms with van der Waals surface area (Å²) in [5.74, 6) is 0.385. The van der Waals surface area contributed by atoms with Gasteiger partial charge >= 0.3 is 0 Å². The molecule has 0 unspecified atom stereocenters. The molecule has 0 spiro atoms. The summed E-state index contributed by atoms with van der Waals surface area (Å²) in [6.07, 6.45) is 0. The Kier molecular flexibility index (Phi) is 5.48. The minimum atomic E-state index is -0.655. The molecule has 0 heterocycles. The maximum Gasteiger partial charge on any atom is 0.271 e. The van der Waals surface area contributed by atoms with Crippen LogP contribution in [0.4, 0.5) is 21.5 Å². The summed E-state index contributed by atoms with van der Waals surface area (Å²) < 4.78 is 24.0. The van der Waals surface area contributed by atoms with Gasteiger partial charge in [-0.2, -0.15) is 0 Å². The maximum absolute atomic E-state index is 13.7. The Morgan fingerprint density at radius 1 is 1.12 bits per heavy atom. The molecular formula is C15H14FN3O4S. The Morgan fingerprint density at radius 3 is 2.46 bits per heavy atom. The van der Waals surface area contributed by atoms with Crippen LogP contribution in [0.3, 0.4) is 0 Å². The molecular weight excluding hydrogens is 337 g/mol. The van der Waals surface area contributed by atoms with Crippen LogP contribution in [0.25, 0.3) is 0 Å². The number of nitro groups is 1. The molecule has 2 N–H and O–H groups in total. The van der Waals surface area contributed by atoms with Crippen LogP contribution in [0, 0.1) is 15.9 Å². The Labute approximate surface area is 142 Å². The molecule has 0 aromatic heterocycles. The highest BCUT2D eigenvalue weighted by atomic mass is 32.1. The first-order valence-corrected chi connectivity index (χ1v) is 7.09. The van der Waals surface area contributed by atoms with E-state index >= 15 is 0 Å². The van der Waals surface area contributed by atoms with Crippen LogP contribution in [-0.4, -0.2) is 24.3 Å². The lowest BCUT2D eigenvalue weighted by Crippen LogP contribution is -2.20. The number of nitrogens with one attached hydrogen (secondary N) is 2. The molecule has 0 aliphatic rings. The monoisotopic (exact) mass is 351 g/mol. The lowest BCUT2D eigenvalue weighted by Gasteiger charge is -2.13. The molecule has 9 heteroatoms. The highest BCUT2D eigenvalue weighted by Gasteiger charge is 2.12. The average molecular weight is 351 g/mol. The van der Waals surface area contributed by atoms with Crippen molar-refractivity contribution in [1.82, 2.24) is 0 Å². The van der Waals surface area contributed by atoms with Gasteiger partial charge in [0.1, 0.15) is 5.82 Å². The Bertz CT molecular complexity index is 785. The minimum absolute atomic E-state index is 0.0709. The standard InChI is InChI=1S/C15H14FN3O4S/c1-22-13-6-3-9(7-14(13)23-2)17-15(24)18-12-8-10(19(20)21)4-5-11(12)16/h3-8H,1-2H3,(H2,17,18,24). The average Bonchev–Trinajstić information content (AvgIpc) is 2.56. The number of rotatable bonds is 5. The second-order valence-corrected chi connectivity index (χ2v) is 4.98. The molecule has 24 heavy (non-hydrogen) atoms. The van der Waals surface area contributed by atoms with E-state index in [1.165, 1.54) is 14.2 Å². The molecule has 126 valence electrons. The summed E-state index contributed by atoms with van der Waals surface area (Å²) in [6.45, 7) is 0. The summed E-state index contributed by atoms with van der Waals surface area (Å²) in [5.41, 5.74) is 0.242. The fraction of sp³-hybridized carbons (Fsp3) is 0.133. The van der Waals surface area contributed by atoms with Gasteiger partial charge < -0.3 is 20.1 Å². The van der Waals surface area contributed by atoms with Crippen LogP contribution < -0.4 is 20.1 Å². The number of methoxy groups -OCH3 is 2. The summed E-state index contributed by atoms with van der Waals surface area (Å²) >= 11 is 5.10. The van der Waals surface area contributed by atoms with E-state index in [2.05, 4.69) is 10.6 Å². The number of hydrogen-bond donors (Lipinski definition) is 2. The molecule has 2 aromatic carbocycles. The highest BCUT2D eigenvalue weighted by Crippen LogP contribution is 2.30. The second kappa shape index (κ2) is 7.55. The van der Waals surface area contributed by atoms with Crippen LogP contribution in [0.15, 0.2) is 36.4 Å². The summed E-state index contributed by atoms with van der Waals surface area (Å²) in [4.78, 5) is 10.1. The molecule has 0 fully saturated rings. The fourth-order valence-corrected chi connectivity index (χ4v) is 2.15. The molecule has 7 nitrogen and oxygen atoms in total. The van der Waals surface area contributed by atoms with Crippen molar-refractivity contribution >= 4 is 34.4 Å². The molecule has 0 saturated carbocycles. The molecule has 0 radical (unpaired) electrons. The molecule has 0 aliphatic heterocycles. The molecule has 2 aromatic rings. The van der Waals surface area contributed by atoms with Gasteiger partial charge in [-0.1, -0.05) is 0 Å². The van der Waals surface area contributed by atoms with Crippen molar-refractivity contribution in [3.63, 3.8) is 0 Å². The van der Waals surface area contributed by atoms with E-state index in [-0.39, 0.29) is 16.5 Å². The zero-order valence-corrected chi connectivity index (χ0v) is 13.6. The van der Waals surface area contributed by atoms with E-state index in [9.17, 15) is 14.5 Å². The van der Waals surface area contributed by atoms with Gasteiger partial charge in [-0.3, -0.25) is 10.1 Å². The van der Waals surface area contributed by atoms with Gasteiger partial charge in [0.25, 0.3) is 5.69 Å². The number of anilines is 2. The van der Waals surface area contributed by atoms with Gasteiger partial charge in [-0.05, 0) is 30.4 Å². The zero-order valence-electron chi connectivity index (χ0n) is 12.8. The smallest absolute Gasteiger partial charge is 0.271 e. The molecule has 0 atom stereocenters. The number of ether oxygens (including phenoxy) is 2. The molecule has 2 rings (SSSR count). The molecule has 0 amide bonds. The lowest BCUT2D eigenvalue weighted by molar-refractivity contribution is -0.384. The van der Waals surface area contributed by atoms with Crippen LogP contribution in [0.5, 0.6) is 11.5 Å². The van der Waals surface area contributed by atoms with Crippen LogP contribution in [-0.2, 0) is 0 Å². The van der Waals surface area contributed by atoms with Crippen molar-refractivity contribution < 1.29 is 18.8 Å². The van der Waals surface area contributed by atoms with Gasteiger partial charge in [0.05, 0.1) is 24.8 Å². The van der Waals surface area contributed by atoms with E-state index in [0.29, 0.717) is 17.2 Å². The van der Waals surface area contributed by atoms with E-state index in [1.54, 1.807) is 18.2 Å². The van der Waals surface area contributed by atoms with E-state index in [4.69, 9.17) is 21.7 Å². The largest absolute Gasteiger partial charge is 0.493 e. The number of thiocarbonyl (C=S) groups is 1. The summed E-state index contributed by atoms with van der Waals surface area (Å²) in [6, 6.07) is 8.16. The third-order valence-electron chi connectivity index (χ3n) is 3.05. The van der Waals surface area contributed by atoms with Crippen molar-refractivity contribution in [3.8, 4) is 11.5 Å². The van der Waals surface area contributed by atoms with Crippen LogP contribution >= 0.6 is 12.2 Å². The van der Waals surface area contributed by atoms with Gasteiger partial charge in [0.2, 0.25) is 0 Å². The van der Waals surface area contributed by atoms with Crippen molar-refractivity contribution in [2.45, 2.75) is 0 Å². The number of nitro benzene ring substituents is 1. The molecule has 0 aliphatic carbocycles. The van der Waals surface area contributed by atoms with Gasteiger partial charge in [0, 0.05) is 23.9 Å². The lowest BCUT2D eigenvalue weighted by atomic mass is 10.2. The highest BCUT2D eigenvalue weighted by molar-refractivity contribution is 7.80. The van der Waals surface area contributed by atoms with Crippen molar-refractivity contribution in [2.75, 3.05) is 24.9 Å². The van der Waals surface area contributed by atoms with Gasteiger partial charge in [-0.25, -0.2) is 4.39 Å². The topological polar surface area (TPSA) is 85.7 Å². The predicted molar refractivity (Wildman–Crippen MR) is 92.4 cm³/mol. The van der Waals surface area contributed by atoms with E-state index in [1.807, 2.05) is 0 Å². The first kappa shape index (κ1) is 17.4. The first-order chi connectivity index (χ1) is 11.4. The predicted octanol–water partition coefficient (Wildman–Crippen LogP) is 3.56. The van der Waals surface area contributed by atoms with Crippen molar-refractivity contribution in [1.29, 1.82) is 0 Å². The number of non-ortho nitro benzene ring substituents is 1. The third-order valence-corrected chi connectivity index (χ3v) is 3.25. The summed E-state index contributed by atoms with van der Waals surface area (Å²) in [7, 11) is 3.01. The zero-order chi connectivity index (χ0) is 17.7. The van der Waals surface area contributed by atoms with E-state index in [0.717, 1.165) is 18.2 Å². The van der Waals surface area contributed by atoms with Gasteiger partial charge in [0.15, 0.2) is 16.6 Å². The number of halogens is 1. The molecule has 0 saturated heterocycles. The normalized spacial score (nSPS) is 9.96. The number of nitrogens with zero attached hydrogens (tertiary/aromatic N) is 1. The van der Waals surface area contributed by atoms with Crippen LogP contribution in [0.2, 0.25) is 0 Å². The number of hydrogen-bond acceptors (Lipinski definition) is 5. The quantitative estimate of drug-likeness (QED) is 0.484. The Balaban J connectivity index is 2.14.